The standard InChI is InChI=1S/C20H17N3O3/c1-3-23-18-9-8-16(10-17(18)22-13(2)19(23)24)20(25)26-12-15-6-4-14(11-21)5-7-15/h4-10H,3,12H2,1-2H3. The van der Waals surface area contributed by atoms with Gasteiger partial charge in [0.15, 0.2) is 0 Å². The predicted molar refractivity (Wildman–Crippen MR) is 96.7 cm³/mol. The van der Waals surface area contributed by atoms with Crippen LogP contribution in [0.25, 0.3) is 11.0 Å². The third kappa shape index (κ3) is 3.33. The first-order valence-electron chi connectivity index (χ1n) is 8.21. The number of aryl methyl sites for hydroxylation is 2. The van der Waals surface area contributed by atoms with Crippen LogP contribution >= 0.6 is 0 Å². The van der Waals surface area contributed by atoms with Crippen LogP contribution < -0.4 is 5.56 Å². The summed E-state index contributed by atoms with van der Waals surface area (Å²) in [7, 11) is 0. The highest BCUT2D eigenvalue weighted by Crippen LogP contribution is 2.15. The number of hydrogen-bond acceptors (Lipinski definition) is 5. The van der Waals surface area contributed by atoms with Crippen molar-refractivity contribution in [2.24, 2.45) is 0 Å². The summed E-state index contributed by atoms with van der Waals surface area (Å²) in [4.78, 5) is 28.7. The Kier molecular flexibility index (Phi) is 4.81. The summed E-state index contributed by atoms with van der Waals surface area (Å²) < 4.78 is 6.96. The molecule has 0 aliphatic rings. The van der Waals surface area contributed by atoms with Crippen molar-refractivity contribution < 1.29 is 9.53 Å². The van der Waals surface area contributed by atoms with Crippen molar-refractivity contribution in [3.05, 3.63) is 75.2 Å². The molecule has 0 spiro atoms. The highest BCUT2D eigenvalue weighted by molar-refractivity contribution is 5.93. The molecular weight excluding hydrogens is 330 g/mol. The third-order valence-corrected chi connectivity index (χ3v) is 4.11. The number of nitrogens with zero attached hydrogens (tertiary/aromatic N) is 3. The average Bonchev–Trinajstić information content (AvgIpc) is 2.67. The van der Waals surface area contributed by atoms with Crippen LogP contribution in [0.2, 0.25) is 0 Å². The van der Waals surface area contributed by atoms with Gasteiger partial charge in [0.1, 0.15) is 12.3 Å². The summed E-state index contributed by atoms with van der Waals surface area (Å²) in [5.74, 6) is -0.468. The first-order valence-corrected chi connectivity index (χ1v) is 8.21. The number of fused-ring (bicyclic) bond motifs is 1. The monoisotopic (exact) mass is 347 g/mol. The molecule has 0 radical (unpaired) electrons. The number of carbonyl (C=O) groups is 1. The van der Waals surface area contributed by atoms with E-state index in [0.717, 1.165) is 5.56 Å². The van der Waals surface area contributed by atoms with Crippen molar-refractivity contribution in [1.82, 2.24) is 9.55 Å². The van der Waals surface area contributed by atoms with E-state index in [2.05, 4.69) is 4.98 Å². The van der Waals surface area contributed by atoms with Crippen LogP contribution in [0.15, 0.2) is 47.3 Å². The molecule has 1 aromatic heterocycles. The minimum atomic E-state index is -0.468. The van der Waals surface area contributed by atoms with Crippen LogP contribution in [0.4, 0.5) is 0 Å². The molecule has 0 atom stereocenters. The highest BCUT2D eigenvalue weighted by atomic mass is 16.5. The van der Waals surface area contributed by atoms with Crippen LogP contribution in [0.5, 0.6) is 0 Å². The Labute approximate surface area is 150 Å². The minimum Gasteiger partial charge on any atom is -0.457 e. The van der Waals surface area contributed by atoms with Crippen molar-refractivity contribution in [2.45, 2.75) is 27.0 Å². The van der Waals surface area contributed by atoms with E-state index < -0.39 is 5.97 Å². The lowest BCUT2D eigenvalue weighted by Gasteiger charge is -2.10. The molecule has 6 heteroatoms. The Balaban J connectivity index is 1.83. The van der Waals surface area contributed by atoms with Crippen LogP contribution in [0.3, 0.4) is 0 Å². The molecule has 0 aliphatic heterocycles. The maximum atomic E-state index is 12.3. The molecule has 0 saturated carbocycles. The Morgan fingerprint density at radius 3 is 2.62 bits per heavy atom. The maximum Gasteiger partial charge on any atom is 0.338 e. The summed E-state index contributed by atoms with van der Waals surface area (Å²) in [5, 5.41) is 8.79. The molecule has 3 rings (SSSR count). The van der Waals surface area contributed by atoms with Crippen molar-refractivity contribution in [3.8, 4) is 6.07 Å². The lowest BCUT2D eigenvalue weighted by Crippen LogP contribution is -2.23. The van der Waals surface area contributed by atoms with Gasteiger partial charge in [0, 0.05) is 6.54 Å². The Morgan fingerprint density at radius 1 is 1.23 bits per heavy atom. The van der Waals surface area contributed by atoms with Crippen LogP contribution in [0.1, 0.15) is 34.1 Å². The quantitative estimate of drug-likeness (QED) is 0.677. The smallest absolute Gasteiger partial charge is 0.338 e. The predicted octanol–water partition coefficient (Wildman–Crippen LogP) is 2.95. The normalized spacial score (nSPS) is 10.5. The Morgan fingerprint density at radius 2 is 1.96 bits per heavy atom. The van der Waals surface area contributed by atoms with Gasteiger partial charge >= 0.3 is 5.97 Å². The van der Waals surface area contributed by atoms with Gasteiger partial charge in [0.2, 0.25) is 0 Å². The van der Waals surface area contributed by atoms with Crippen LogP contribution in [-0.4, -0.2) is 15.5 Å². The first-order chi connectivity index (χ1) is 12.5. The van der Waals surface area contributed by atoms with Gasteiger partial charge in [-0.3, -0.25) is 4.79 Å². The molecule has 26 heavy (non-hydrogen) atoms. The van der Waals surface area contributed by atoms with E-state index in [9.17, 15) is 9.59 Å². The third-order valence-electron chi connectivity index (χ3n) is 4.11. The summed E-state index contributed by atoms with van der Waals surface area (Å²) in [6, 6.07) is 13.9. The van der Waals surface area contributed by atoms with E-state index in [-0.39, 0.29) is 12.2 Å². The fraction of sp³-hybridized carbons (Fsp3) is 0.200. The molecule has 3 aromatic rings. The van der Waals surface area contributed by atoms with Crippen LogP contribution in [-0.2, 0) is 17.9 Å². The molecule has 0 aliphatic carbocycles. The number of nitriles is 1. The number of aromatic nitrogens is 2. The minimum absolute atomic E-state index is 0.115. The average molecular weight is 347 g/mol. The second-order valence-corrected chi connectivity index (χ2v) is 5.83. The fourth-order valence-electron chi connectivity index (χ4n) is 2.72. The second-order valence-electron chi connectivity index (χ2n) is 5.83. The van der Waals surface area contributed by atoms with Crippen molar-refractivity contribution >= 4 is 17.0 Å². The van der Waals surface area contributed by atoms with E-state index in [1.54, 1.807) is 54.0 Å². The van der Waals surface area contributed by atoms with Crippen molar-refractivity contribution in [2.75, 3.05) is 0 Å². The number of rotatable bonds is 4. The van der Waals surface area contributed by atoms with E-state index in [1.807, 2.05) is 13.0 Å². The van der Waals surface area contributed by atoms with Crippen molar-refractivity contribution in [3.63, 3.8) is 0 Å². The number of hydrogen-bond donors (Lipinski definition) is 0. The van der Waals surface area contributed by atoms with Gasteiger partial charge in [-0.25, -0.2) is 9.78 Å². The number of benzene rings is 2. The topological polar surface area (TPSA) is 85.0 Å². The molecule has 130 valence electrons. The largest absolute Gasteiger partial charge is 0.457 e. The van der Waals surface area contributed by atoms with Gasteiger partial charge in [0.05, 0.1) is 28.2 Å². The molecule has 0 unspecified atom stereocenters. The Hall–Kier alpha value is -3.46. The molecule has 0 amide bonds. The van der Waals surface area contributed by atoms with Gasteiger partial charge < -0.3 is 9.30 Å². The Bertz CT molecular complexity index is 1080. The van der Waals surface area contributed by atoms with E-state index in [4.69, 9.17) is 10.00 Å². The maximum absolute atomic E-state index is 12.3. The summed E-state index contributed by atoms with van der Waals surface area (Å²) in [5.41, 5.74) is 3.26. The molecular formula is C20H17N3O3. The molecule has 0 N–H and O–H groups in total. The van der Waals surface area contributed by atoms with Gasteiger partial charge in [0.25, 0.3) is 5.56 Å². The zero-order valence-electron chi connectivity index (χ0n) is 14.5. The molecule has 0 bridgehead atoms. The van der Waals surface area contributed by atoms with Crippen molar-refractivity contribution in [1.29, 1.82) is 5.26 Å². The van der Waals surface area contributed by atoms with E-state index in [0.29, 0.717) is 34.4 Å². The van der Waals surface area contributed by atoms with E-state index in [1.165, 1.54) is 0 Å². The summed E-state index contributed by atoms with van der Waals surface area (Å²) >= 11 is 0. The fourth-order valence-corrected chi connectivity index (χ4v) is 2.72. The number of ether oxygens (including phenoxy) is 1. The molecule has 0 fully saturated rings. The van der Waals surface area contributed by atoms with Gasteiger partial charge in [-0.1, -0.05) is 12.1 Å². The number of carbonyl (C=O) groups excluding carboxylic acids is 1. The van der Waals surface area contributed by atoms with Gasteiger partial charge in [-0.2, -0.15) is 5.26 Å². The zero-order chi connectivity index (χ0) is 18.7. The summed E-state index contributed by atoms with van der Waals surface area (Å²) in [6.07, 6.45) is 0. The first kappa shape index (κ1) is 17.4. The molecule has 6 nitrogen and oxygen atoms in total. The van der Waals surface area contributed by atoms with Gasteiger partial charge in [-0.15, -0.1) is 0 Å². The number of esters is 1. The molecule has 1 heterocycles. The molecule has 0 saturated heterocycles. The SMILES string of the molecule is CCn1c(=O)c(C)nc2cc(C(=O)OCc3ccc(C#N)cc3)ccc21. The van der Waals surface area contributed by atoms with Crippen LogP contribution in [0, 0.1) is 18.3 Å². The van der Waals surface area contributed by atoms with Gasteiger partial charge in [-0.05, 0) is 49.7 Å². The lowest BCUT2D eigenvalue weighted by molar-refractivity contribution is 0.0473. The highest BCUT2D eigenvalue weighted by Gasteiger charge is 2.12. The summed E-state index contributed by atoms with van der Waals surface area (Å²) in [6.45, 7) is 4.19. The zero-order valence-corrected chi connectivity index (χ0v) is 14.5. The molecule has 2 aromatic carbocycles. The lowest BCUT2D eigenvalue weighted by atomic mass is 10.1. The van der Waals surface area contributed by atoms with E-state index >= 15 is 0 Å². The second kappa shape index (κ2) is 7.19.